The first-order chi connectivity index (χ1) is 7.49. The molecule has 0 atom stereocenters. The summed E-state index contributed by atoms with van der Waals surface area (Å²) in [7, 11) is 2.02. The SMILES string of the molecule is CN(CCc1nc(CCl)cs1)C(C)(C)CO. The number of thiazole rings is 1. The monoisotopic (exact) mass is 262 g/mol. The molecule has 5 heteroatoms. The summed E-state index contributed by atoms with van der Waals surface area (Å²) in [6, 6.07) is 0. The van der Waals surface area contributed by atoms with E-state index in [0.717, 1.165) is 23.7 Å². The van der Waals surface area contributed by atoms with Crippen molar-refractivity contribution in [3.05, 3.63) is 16.1 Å². The lowest BCUT2D eigenvalue weighted by atomic mass is 10.1. The number of hydrogen-bond acceptors (Lipinski definition) is 4. The average Bonchev–Trinajstić information content (AvgIpc) is 2.73. The second kappa shape index (κ2) is 5.96. The molecule has 0 saturated heterocycles. The molecule has 0 fully saturated rings. The molecule has 0 bridgehead atoms. The van der Waals surface area contributed by atoms with E-state index in [4.69, 9.17) is 11.6 Å². The van der Waals surface area contributed by atoms with E-state index in [1.807, 2.05) is 26.3 Å². The van der Waals surface area contributed by atoms with E-state index in [0.29, 0.717) is 5.88 Å². The van der Waals surface area contributed by atoms with Gasteiger partial charge < -0.3 is 5.11 Å². The smallest absolute Gasteiger partial charge is 0.0941 e. The first-order valence-corrected chi connectivity index (χ1v) is 6.72. The van der Waals surface area contributed by atoms with Crippen LogP contribution in [0.3, 0.4) is 0 Å². The Hall–Kier alpha value is -0.160. The fourth-order valence-electron chi connectivity index (χ4n) is 1.21. The highest BCUT2D eigenvalue weighted by Crippen LogP contribution is 2.15. The number of likely N-dealkylation sites (N-methyl/N-ethyl adjacent to an activating group) is 1. The minimum absolute atomic E-state index is 0.161. The Balaban J connectivity index is 2.45. The Bertz CT molecular complexity index is 328. The van der Waals surface area contributed by atoms with Crippen molar-refractivity contribution in [2.45, 2.75) is 31.7 Å². The molecule has 0 aliphatic carbocycles. The van der Waals surface area contributed by atoms with E-state index >= 15 is 0 Å². The van der Waals surface area contributed by atoms with Crippen molar-refractivity contribution in [3.63, 3.8) is 0 Å². The third-order valence-electron chi connectivity index (χ3n) is 2.82. The Morgan fingerprint density at radius 1 is 1.56 bits per heavy atom. The molecule has 1 aromatic rings. The van der Waals surface area contributed by atoms with Gasteiger partial charge in [-0.15, -0.1) is 22.9 Å². The third-order valence-corrected chi connectivity index (χ3v) is 4.05. The van der Waals surface area contributed by atoms with Gasteiger partial charge in [-0.05, 0) is 20.9 Å². The molecule has 1 rings (SSSR count). The van der Waals surface area contributed by atoms with E-state index in [-0.39, 0.29) is 12.1 Å². The molecule has 1 aromatic heterocycles. The summed E-state index contributed by atoms with van der Waals surface area (Å²) in [5.74, 6) is 0.481. The number of alkyl halides is 1. The molecule has 3 nitrogen and oxygen atoms in total. The molecule has 1 N–H and O–H groups in total. The normalized spacial score (nSPS) is 12.4. The second-order valence-corrected chi connectivity index (χ2v) is 5.72. The standard InChI is InChI=1S/C11H19ClN2OS/c1-11(2,8-15)14(3)5-4-10-13-9(6-12)7-16-10/h7,15H,4-6,8H2,1-3H3. The van der Waals surface area contributed by atoms with E-state index in [1.165, 1.54) is 0 Å². The van der Waals surface area contributed by atoms with E-state index in [2.05, 4.69) is 9.88 Å². The quantitative estimate of drug-likeness (QED) is 0.798. The van der Waals surface area contributed by atoms with Gasteiger partial charge in [0.2, 0.25) is 0 Å². The first kappa shape index (κ1) is 13.9. The zero-order valence-corrected chi connectivity index (χ0v) is 11.6. The summed E-state index contributed by atoms with van der Waals surface area (Å²) in [5.41, 5.74) is 0.776. The van der Waals surface area contributed by atoms with Gasteiger partial charge in [-0.1, -0.05) is 0 Å². The highest BCUT2D eigenvalue weighted by Gasteiger charge is 2.22. The van der Waals surface area contributed by atoms with Gasteiger partial charge in [0.25, 0.3) is 0 Å². The van der Waals surface area contributed by atoms with E-state index < -0.39 is 0 Å². The second-order valence-electron chi connectivity index (χ2n) is 4.51. The third kappa shape index (κ3) is 3.70. The maximum Gasteiger partial charge on any atom is 0.0941 e. The molecule has 0 radical (unpaired) electrons. The zero-order chi connectivity index (χ0) is 12.2. The molecule has 1 heterocycles. The fourth-order valence-corrected chi connectivity index (χ4v) is 2.23. The van der Waals surface area contributed by atoms with Crippen LogP contribution in [-0.4, -0.2) is 40.7 Å². The molecule has 0 aromatic carbocycles. The van der Waals surface area contributed by atoms with Gasteiger partial charge in [-0.25, -0.2) is 4.98 Å². The highest BCUT2D eigenvalue weighted by molar-refractivity contribution is 7.09. The molecule has 16 heavy (non-hydrogen) atoms. The Kier molecular flexibility index (Phi) is 5.18. The Labute approximate surface area is 106 Å². The zero-order valence-electron chi connectivity index (χ0n) is 10.0. The summed E-state index contributed by atoms with van der Waals surface area (Å²) in [6.45, 7) is 5.11. The highest BCUT2D eigenvalue weighted by atomic mass is 35.5. The average molecular weight is 263 g/mol. The van der Waals surface area contributed by atoms with Crippen molar-refractivity contribution in [2.24, 2.45) is 0 Å². The van der Waals surface area contributed by atoms with Crippen LogP contribution in [0.4, 0.5) is 0 Å². The summed E-state index contributed by atoms with van der Waals surface area (Å²) >= 11 is 7.35. The lowest BCUT2D eigenvalue weighted by Crippen LogP contribution is -2.45. The molecule has 0 aliphatic rings. The molecular weight excluding hydrogens is 244 g/mol. The van der Waals surface area contributed by atoms with Gasteiger partial charge in [-0.3, -0.25) is 4.90 Å². The first-order valence-electron chi connectivity index (χ1n) is 5.31. The number of halogens is 1. The number of nitrogens with zero attached hydrogens (tertiary/aromatic N) is 2. The minimum atomic E-state index is -0.174. The summed E-state index contributed by atoms with van der Waals surface area (Å²) in [5, 5.41) is 12.3. The largest absolute Gasteiger partial charge is 0.394 e. The minimum Gasteiger partial charge on any atom is -0.394 e. The van der Waals surface area contributed by atoms with Gasteiger partial charge in [0, 0.05) is 23.9 Å². The summed E-state index contributed by atoms with van der Waals surface area (Å²) in [6.07, 6.45) is 0.904. The number of aromatic nitrogens is 1. The number of aliphatic hydroxyl groups is 1. The number of aliphatic hydroxyl groups excluding tert-OH is 1. The van der Waals surface area contributed by atoms with Crippen LogP contribution in [0.25, 0.3) is 0 Å². The molecule has 0 unspecified atom stereocenters. The van der Waals surface area contributed by atoms with Crippen LogP contribution in [0.1, 0.15) is 24.5 Å². The summed E-state index contributed by atoms with van der Waals surface area (Å²) in [4.78, 5) is 6.55. The molecule has 0 amide bonds. The van der Waals surface area contributed by atoms with Crippen LogP contribution in [0.5, 0.6) is 0 Å². The van der Waals surface area contributed by atoms with E-state index in [9.17, 15) is 5.11 Å². The van der Waals surface area contributed by atoms with Crippen LogP contribution in [-0.2, 0) is 12.3 Å². The van der Waals surface area contributed by atoms with Crippen LogP contribution in [0.15, 0.2) is 5.38 Å². The molecule has 92 valence electrons. The van der Waals surface area contributed by atoms with Crippen LogP contribution in [0.2, 0.25) is 0 Å². The van der Waals surface area contributed by atoms with E-state index in [1.54, 1.807) is 11.3 Å². The molecule has 0 spiro atoms. The van der Waals surface area contributed by atoms with Crippen molar-refractivity contribution in [1.29, 1.82) is 0 Å². The van der Waals surface area contributed by atoms with Crippen molar-refractivity contribution in [1.82, 2.24) is 9.88 Å². The van der Waals surface area contributed by atoms with Crippen molar-refractivity contribution >= 4 is 22.9 Å². The maximum atomic E-state index is 9.23. The topological polar surface area (TPSA) is 36.4 Å². The molecular formula is C11H19ClN2OS. The predicted molar refractivity (Wildman–Crippen MR) is 69.2 cm³/mol. The van der Waals surface area contributed by atoms with Gasteiger partial charge in [0.05, 0.1) is 23.2 Å². The lowest BCUT2D eigenvalue weighted by Gasteiger charge is -2.33. The summed E-state index contributed by atoms with van der Waals surface area (Å²) < 4.78 is 0. The van der Waals surface area contributed by atoms with Crippen molar-refractivity contribution in [2.75, 3.05) is 20.2 Å². The predicted octanol–water partition coefficient (Wildman–Crippen LogP) is 2.13. The van der Waals surface area contributed by atoms with Crippen LogP contribution < -0.4 is 0 Å². The molecule has 0 saturated carbocycles. The van der Waals surface area contributed by atoms with Crippen LogP contribution in [0, 0.1) is 0 Å². The Morgan fingerprint density at radius 2 is 2.25 bits per heavy atom. The molecule has 0 aliphatic heterocycles. The van der Waals surface area contributed by atoms with Gasteiger partial charge in [0.1, 0.15) is 0 Å². The van der Waals surface area contributed by atoms with Gasteiger partial charge >= 0.3 is 0 Å². The van der Waals surface area contributed by atoms with Gasteiger partial charge in [0.15, 0.2) is 0 Å². The fraction of sp³-hybridized carbons (Fsp3) is 0.727. The number of rotatable bonds is 6. The Morgan fingerprint density at radius 3 is 2.75 bits per heavy atom. The van der Waals surface area contributed by atoms with Gasteiger partial charge in [-0.2, -0.15) is 0 Å². The van der Waals surface area contributed by atoms with Crippen LogP contribution >= 0.6 is 22.9 Å². The number of hydrogen-bond donors (Lipinski definition) is 1. The maximum absolute atomic E-state index is 9.23. The van der Waals surface area contributed by atoms with Crippen molar-refractivity contribution < 1.29 is 5.11 Å². The van der Waals surface area contributed by atoms with Crippen molar-refractivity contribution in [3.8, 4) is 0 Å². The lowest BCUT2D eigenvalue weighted by molar-refractivity contribution is 0.0800.